The van der Waals surface area contributed by atoms with Crippen LogP contribution in [-0.4, -0.2) is 27.1 Å². The van der Waals surface area contributed by atoms with Gasteiger partial charge in [0.1, 0.15) is 11.5 Å². The van der Waals surface area contributed by atoms with Crippen LogP contribution in [0.5, 0.6) is 0 Å². The lowest BCUT2D eigenvalue weighted by Crippen LogP contribution is -2.46. The number of aliphatic hydroxyl groups is 1. The third-order valence-corrected chi connectivity index (χ3v) is 4.31. The largest absolute Gasteiger partial charge is 0.392 e. The van der Waals surface area contributed by atoms with Crippen molar-refractivity contribution in [2.45, 2.75) is 38.2 Å². The first-order chi connectivity index (χ1) is 9.52. The second-order valence-corrected chi connectivity index (χ2v) is 5.50. The molecule has 20 heavy (non-hydrogen) atoms. The maximum absolute atomic E-state index is 10.2. The van der Waals surface area contributed by atoms with Crippen molar-refractivity contribution in [3.05, 3.63) is 30.8 Å². The van der Waals surface area contributed by atoms with E-state index < -0.39 is 0 Å². The van der Waals surface area contributed by atoms with E-state index in [9.17, 15) is 5.11 Å². The molecule has 1 unspecified atom stereocenters. The monoisotopic (exact) mass is 275 g/mol. The zero-order valence-electron chi connectivity index (χ0n) is 11.6. The molecule has 1 saturated carbocycles. The van der Waals surface area contributed by atoms with Crippen molar-refractivity contribution in [3.63, 3.8) is 0 Å². The fraction of sp³-hybridized carbons (Fsp3) is 0.500. The number of nitrogens with two attached hydrogens (primary N) is 1. The van der Waals surface area contributed by atoms with Crippen molar-refractivity contribution < 1.29 is 5.11 Å². The summed E-state index contributed by atoms with van der Waals surface area (Å²) in [6.45, 7) is 10.2. The molecule has 0 spiro atoms. The summed E-state index contributed by atoms with van der Waals surface area (Å²) in [6, 6.07) is 0.0526. The number of aliphatic hydroxyl groups excluding tert-OH is 1. The minimum absolute atomic E-state index is 0.0526. The van der Waals surface area contributed by atoms with Crippen LogP contribution in [0, 0.1) is 5.92 Å². The highest BCUT2D eigenvalue weighted by Gasteiger charge is 2.38. The maximum Gasteiger partial charge on any atom is 0.151 e. The molecule has 0 saturated heterocycles. The number of rotatable bonds is 2. The van der Waals surface area contributed by atoms with Gasteiger partial charge in [-0.15, -0.1) is 0 Å². The van der Waals surface area contributed by atoms with Crippen molar-refractivity contribution in [1.82, 2.24) is 14.9 Å². The number of anilines is 1. The molecule has 6 heteroatoms. The van der Waals surface area contributed by atoms with Gasteiger partial charge in [-0.2, -0.15) is 0 Å². The molecule has 1 aromatic heterocycles. The molecular weight excluding hydrogens is 254 g/mol. The van der Waals surface area contributed by atoms with Crippen molar-refractivity contribution in [3.8, 4) is 0 Å². The van der Waals surface area contributed by atoms with Crippen LogP contribution in [0.1, 0.15) is 31.5 Å². The summed E-state index contributed by atoms with van der Waals surface area (Å²) >= 11 is 0. The molecule has 108 valence electrons. The number of hydrogen-bond acceptors (Lipinski definition) is 5. The van der Waals surface area contributed by atoms with Gasteiger partial charge in [0.15, 0.2) is 6.29 Å². The van der Waals surface area contributed by atoms with Crippen molar-refractivity contribution >= 4 is 11.5 Å². The van der Waals surface area contributed by atoms with Crippen LogP contribution in [0.3, 0.4) is 0 Å². The molecule has 1 aliphatic carbocycles. The van der Waals surface area contributed by atoms with Gasteiger partial charge in [0.25, 0.3) is 0 Å². The lowest BCUT2D eigenvalue weighted by Gasteiger charge is -2.27. The molecule has 5 N–H and O–H groups in total. The molecule has 0 aromatic carbocycles. The molecule has 6 nitrogen and oxygen atoms in total. The Morgan fingerprint density at radius 1 is 1.50 bits per heavy atom. The van der Waals surface area contributed by atoms with Crippen LogP contribution in [0.2, 0.25) is 0 Å². The summed E-state index contributed by atoms with van der Waals surface area (Å²) in [5.41, 5.74) is 8.42. The Bertz CT molecular complexity index is 564. The van der Waals surface area contributed by atoms with Crippen molar-refractivity contribution in [2.75, 3.05) is 5.32 Å². The van der Waals surface area contributed by atoms with Gasteiger partial charge in [0.2, 0.25) is 0 Å². The van der Waals surface area contributed by atoms with Gasteiger partial charge in [-0.3, -0.25) is 5.73 Å². The van der Waals surface area contributed by atoms with Gasteiger partial charge >= 0.3 is 0 Å². The first-order valence-corrected chi connectivity index (χ1v) is 6.94. The second-order valence-electron chi connectivity index (χ2n) is 5.50. The van der Waals surface area contributed by atoms with Crippen molar-refractivity contribution in [1.29, 1.82) is 0 Å². The topological polar surface area (TPSA) is 88.1 Å². The zero-order chi connectivity index (χ0) is 14.4. The minimum atomic E-state index is -0.382. The SMILES string of the molecule is C=C1NC(N)Nc2c1ncn2[C@H]1C[C@H](O)[C@@H](CC)C1=C. The third-order valence-electron chi connectivity index (χ3n) is 4.31. The molecule has 0 amide bonds. The Balaban J connectivity index is 1.97. The lowest BCUT2D eigenvalue weighted by atomic mass is 9.98. The number of nitrogens with one attached hydrogen (secondary N) is 2. The van der Waals surface area contributed by atoms with E-state index in [1.54, 1.807) is 6.33 Å². The summed E-state index contributed by atoms with van der Waals surface area (Å²) in [7, 11) is 0. The number of aromatic nitrogens is 2. The minimum Gasteiger partial charge on any atom is -0.392 e. The average Bonchev–Trinajstić information content (AvgIpc) is 2.91. The van der Waals surface area contributed by atoms with Crippen LogP contribution in [-0.2, 0) is 0 Å². The Kier molecular flexibility index (Phi) is 3.07. The van der Waals surface area contributed by atoms with E-state index in [4.69, 9.17) is 5.73 Å². The Hall–Kier alpha value is -1.79. The van der Waals surface area contributed by atoms with Gasteiger partial charge in [0, 0.05) is 5.92 Å². The molecule has 0 bridgehead atoms. The van der Waals surface area contributed by atoms with Gasteiger partial charge < -0.3 is 20.3 Å². The molecule has 3 rings (SSSR count). The summed E-state index contributed by atoms with van der Waals surface area (Å²) in [5.74, 6) is 0.994. The quantitative estimate of drug-likeness (QED) is 0.605. The predicted molar refractivity (Wildman–Crippen MR) is 78.6 cm³/mol. The van der Waals surface area contributed by atoms with Crippen LogP contribution in [0.15, 0.2) is 25.1 Å². The predicted octanol–water partition coefficient (Wildman–Crippen LogP) is 0.999. The molecule has 1 aliphatic heterocycles. The van der Waals surface area contributed by atoms with E-state index in [0.717, 1.165) is 23.5 Å². The first kappa shape index (κ1) is 13.2. The Morgan fingerprint density at radius 3 is 2.90 bits per heavy atom. The summed E-state index contributed by atoms with van der Waals surface area (Å²) in [6.07, 6.45) is 2.61. The molecular formula is C14H21N5O. The molecule has 2 aliphatic rings. The number of imidazole rings is 1. The van der Waals surface area contributed by atoms with Crippen LogP contribution < -0.4 is 16.4 Å². The van der Waals surface area contributed by atoms with Gasteiger partial charge in [-0.1, -0.05) is 20.1 Å². The second kappa shape index (κ2) is 4.64. The van der Waals surface area contributed by atoms with E-state index in [2.05, 4.69) is 35.7 Å². The fourth-order valence-corrected chi connectivity index (χ4v) is 3.27. The molecule has 0 radical (unpaired) electrons. The van der Waals surface area contributed by atoms with Crippen molar-refractivity contribution in [2.24, 2.45) is 11.7 Å². The molecule has 1 aromatic rings. The highest BCUT2D eigenvalue weighted by molar-refractivity contribution is 5.72. The zero-order valence-corrected chi connectivity index (χ0v) is 11.6. The normalized spacial score (nSPS) is 32.8. The third kappa shape index (κ3) is 1.83. The molecule has 2 heterocycles. The van der Waals surface area contributed by atoms with Crippen LogP contribution in [0.4, 0.5) is 5.82 Å². The van der Waals surface area contributed by atoms with E-state index in [0.29, 0.717) is 12.1 Å². The van der Waals surface area contributed by atoms with E-state index in [1.807, 2.05) is 4.57 Å². The lowest BCUT2D eigenvalue weighted by molar-refractivity contribution is 0.136. The number of fused-ring (bicyclic) bond motifs is 1. The highest BCUT2D eigenvalue weighted by atomic mass is 16.3. The van der Waals surface area contributed by atoms with Crippen LogP contribution in [0.25, 0.3) is 5.70 Å². The van der Waals surface area contributed by atoms with Gasteiger partial charge in [-0.25, -0.2) is 4.98 Å². The summed E-state index contributed by atoms with van der Waals surface area (Å²) in [5, 5.41) is 16.3. The average molecular weight is 275 g/mol. The van der Waals surface area contributed by atoms with Gasteiger partial charge in [0.05, 0.1) is 24.2 Å². The summed E-state index contributed by atoms with van der Waals surface area (Å²) < 4.78 is 2.02. The Morgan fingerprint density at radius 2 is 2.25 bits per heavy atom. The first-order valence-electron chi connectivity index (χ1n) is 6.94. The number of hydrogen-bond donors (Lipinski definition) is 4. The van der Waals surface area contributed by atoms with Gasteiger partial charge in [-0.05, 0) is 18.4 Å². The highest BCUT2D eigenvalue weighted by Crippen LogP contribution is 2.43. The van der Waals surface area contributed by atoms with E-state index in [-0.39, 0.29) is 24.4 Å². The number of nitrogens with zero attached hydrogens (tertiary/aromatic N) is 2. The van der Waals surface area contributed by atoms with E-state index >= 15 is 0 Å². The molecule has 4 atom stereocenters. The Labute approximate surface area is 118 Å². The smallest absolute Gasteiger partial charge is 0.151 e. The summed E-state index contributed by atoms with van der Waals surface area (Å²) in [4.78, 5) is 4.39. The van der Waals surface area contributed by atoms with E-state index in [1.165, 1.54) is 0 Å². The van der Waals surface area contributed by atoms with Crippen LogP contribution >= 0.6 is 0 Å². The standard InChI is InChI=1S/C14H21N5O/c1-4-9-7(2)10(5-11(9)20)19-6-16-12-8(3)17-14(15)18-13(12)19/h6,9-11,14,17-18,20H,2-5,15H2,1H3/t9-,10-,11-,14?/m0/s1. The maximum atomic E-state index is 10.2. The molecule has 1 fully saturated rings. The fourth-order valence-electron chi connectivity index (χ4n) is 3.27.